The van der Waals surface area contributed by atoms with Crippen LogP contribution < -0.4 is 10.6 Å². The Hall–Kier alpha value is -3.93. The van der Waals surface area contributed by atoms with Crippen molar-refractivity contribution in [3.8, 4) is 0 Å². The normalized spacial score (nSPS) is 12.7. The first-order chi connectivity index (χ1) is 17.9. The molecule has 6 nitrogen and oxygen atoms in total. The van der Waals surface area contributed by atoms with Gasteiger partial charge in [-0.25, -0.2) is 0 Å². The summed E-state index contributed by atoms with van der Waals surface area (Å²) in [6.07, 6.45) is 0.686. The van der Waals surface area contributed by atoms with Crippen molar-refractivity contribution in [1.29, 1.82) is 0 Å². The first-order valence-electron chi connectivity index (χ1n) is 12.8. The zero-order chi connectivity index (χ0) is 26.7. The van der Waals surface area contributed by atoms with Crippen LogP contribution in [0.3, 0.4) is 0 Å². The van der Waals surface area contributed by atoms with Crippen molar-refractivity contribution in [2.45, 2.75) is 51.7 Å². The van der Waals surface area contributed by atoms with Gasteiger partial charge in [-0.3, -0.25) is 14.4 Å². The molecule has 0 radical (unpaired) electrons. The van der Waals surface area contributed by atoms with Gasteiger partial charge in [-0.1, -0.05) is 111 Å². The van der Waals surface area contributed by atoms with E-state index in [4.69, 9.17) is 4.74 Å². The minimum Gasteiger partial charge on any atom is -0.452 e. The number of hydrogen-bond donors (Lipinski definition) is 2. The number of esters is 1. The number of carbonyl (C=O) groups is 3. The molecule has 3 rings (SSSR count). The van der Waals surface area contributed by atoms with Gasteiger partial charge in [-0.15, -0.1) is 0 Å². The number of ether oxygens (including phenoxy) is 1. The topological polar surface area (TPSA) is 84.5 Å². The standard InChI is InChI=1S/C31H36N2O4/c1-4-5-21-32-30(36)29(37-24(3)34)23(2)22-28(35)33-31(25-15-9-6-10-16-25,26-17-11-7-12-18-26)27-19-13-8-14-20-27/h6-20,23,29H,4-5,21-22H2,1-3H3,(H,32,36)(H,33,35)/t23-,29?/m1/s1. The second-order valence-electron chi connectivity index (χ2n) is 9.25. The quantitative estimate of drug-likeness (QED) is 0.209. The molecule has 0 fully saturated rings. The van der Waals surface area contributed by atoms with Crippen LogP contribution in [0.2, 0.25) is 0 Å². The molecule has 37 heavy (non-hydrogen) atoms. The second-order valence-corrected chi connectivity index (χ2v) is 9.25. The Morgan fingerprint density at radius 2 is 1.27 bits per heavy atom. The first kappa shape index (κ1) is 27.7. The molecule has 6 heteroatoms. The molecule has 2 amide bonds. The Bertz CT molecular complexity index is 1050. The molecule has 0 aliphatic rings. The van der Waals surface area contributed by atoms with Gasteiger partial charge in [0, 0.05) is 25.8 Å². The van der Waals surface area contributed by atoms with Gasteiger partial charge in [0.05, 0.1) is 0 Å². The van der Waals surface area contributed by atoms with Gasteiger partial charge in [0.2, 0.25) is 5.91 Å². The van der Waals surface area contributed by atoms with Gasteiger partial charge in [0.15, 0.2) is 6.10 Å². The van der Waals surface area contributed by atoms with Crippen LogP contribution in [-0.4, -0.2) is 30.4 Å². The highest BCUT2D eigenvalue weighted by atomic mass is 16.5. The van der Waals surface area contributed by atoms with Gasteiger partial charge in [0.25, 0.3) is 5.91 Å². The number of nitrogens with one attached hydrogen (secondary N) is 2. The maximum atomic E-state index is 13.7. The average Bonchev–Trinajstić information content (AvgIpc) is 2.91. The summed E-state index contributed by atoms with van der Waals surface area (Å²) in [5.74, 6) is -1.74. The SMILES string of the molecule is CCCCNC(=O)C(OC(C)=O)[C@H](C)CC(=O)NC(c1ccccc1)(c1ccccc1)c1ccccc1. The van der Waals surface area contributed by atoms with E-state index in [1.54, 1.807) is 6.92 Å². The molecule has 0 spiro atoms. The van der Waals surface area contributed by atoms with E-state index < -0.39 is 23.5 Å². The van der Waals surface area contributed by atoms with Crippen LogP contribution in [0.5, 0.6) is 0 Å². The maximum Gasteiger partial charge on any atom is 0.303 e. The number of benzene rings is 3. The van der Waals surface area contributed by atoms with E-state index >= 15 is 0 Å². The Kier molecular flexibility index (Phi) is 10.0. The van der Waals surface area contributed by atoms with Gasteiger partial charge >= 0.3 is 5.97 Å². The van der Waals surface area contributed by atoms with Crippen molar-refractivity contribution in [2.24, 2.45) is 5.92 Å². The predicted octanol–water partition coefficient (Wildman–Crippen LogP) is 4.97. The Morgan fingerprint density at radius 3 is 1.68 bits per heavy atom. The number of unbranched alkanes of at least 4 members (excludes halogenated alkanes) is 1. The minimum absolute atomic E-state index is 0.00655. The van der Waals surface area contributed by atoms with E-state index in [1.165, 1.54) is 6.92 Å². The van der Waals surface area contributed by atoms with Gasteiger partial charge in [0.1, 0.15) is 5.54 Å². The number of rotatable bonds is 12. The van der Waals surface area contributed by atoms with E-state index in [2.05, 4.69) is 10.6 Å². The largest absolute Gasteiger partial charge is 0.452 e. The summed E-state index contributed by atoms with van der Waals surface area (Å²) >= 11 is 0. The summed E-state index contributed by atoms with van der Waals surface area (Å²) in [6.45, 7) is 5.54. The molecule has 0 aliphatic heterocycles. The summed E-state index contributed by atoms with van der Waals surface area (Å²) < 4.78 is 5.36. The molecule has 2 N–H and O–H groups in total. The van der Waals surface area contributed by atoms with E-state index in [0.717, 1.165) is 29.5 Å². The highest BCUT2D eigenvalue weighted by molar-refractivity contribution is 5.85. The lowest BCUT2D eigenvalue weighted by atomic mass is 9.76. The third kappa shape index (κ3) is 7.06. The fourth-order valence-electron chi connectivity index (χ4n) is 4.54. The van der Waals surface area contributed by atoms with Crippen molar-refractivity contribution in [1.82, 2.24) is 10.6 Å². The average molecular weight is 501 g/mol. The lowest BCUT2D eigenvalue weighted by molar-refractivity contribution is -0.157. The molecule has 0 saturated heterocycles. The highest BCUT2D eigenvalue weighted by Gasteiger charge is 2.39. The third-order valence-corrected chi connectivity index (χ3v) is 6.35. The Morgan fingerprint density at radius 1 is 0.811 bits per heavy atom. The lowest BCUT2D eigenvalue weighted by Crippen LogP contribution is -2.49. The predicted molar refractivity (Wildman–Crippen MR) is 145 cm³/mol. The summed E-state index contributed by atoms with van der Waals surface area (Å²) in [5.41, 5.74) is 1.76. The monoisotopic (exact) mass is 500 g/mol. The second kappa shape index (κ2) is 13.4. The lowest BCUT2D eigenvalue weighted by Gasteiger charge is -2.37. The molecule has 2 atom stereocenters. The number of amides is 2. The van der Waals surface area contributed by atoms with Crippen molar-refractivity contribution in [2.75, 3.05) is 6.54 Å². The fraction of sp³-hybridized carbons (Fsp3) is 0.323. The molecule has 3 aromatic carbocycles. The molecular formula is C31H36N2O4. The minimum atomic E-state index is -1.06. The molecule has 0 heterocycles. The van der Waals surface area contributed by atoms with Crippen LogP contribution >= 0.6 is 0 Å². The summed E-state index contributed by atoms with van der Waals surface area (Å²) in [6, 6.07) is 29.5. The fourth-order valence-corrected chi connectivity index (χ4v) is 4.54. The van der Waals surface area contributed by atoms with E-state index in [0.29, 0.717) is 6.54 Å². The first-order valence-corrected chi connectivity index (χ1v) is 12.8. The van der Waals surface area contributed by atoms with Crippen LogP contribution in [-0.2, 0) is 24.7 Å². The molecular weight excluding hydrogens is 464 g/mol. The Balaban J connectivity index is 1.96. The van der Waals surface area contributed by atoms with E-state index in [9.17, 15) is 14.4 Å². The van der Waals surface area contributed by atoms with Crippen LogP contribution in [0.4, 0.5) is 0 Å². The van der Waals surface area contributed by atoms with Gasteiger partial charge < -0.3 is 15.4 Å². The maximum absolute atomic E-state index is 13.7. The molecule has 194 valence electrons. The molecule has 0 aromatic heterocycles. The zero-order valence-electron chi connectivity index (χ0n) is 21.8. The smallest absolute Gasteiger partial charge is 0.303 e. The summed E-state index contributed by atoms with van der Waals surface area (Å²) in [5, 5.41) is 6.12. The van der Waals surface area contributed by atoms with Crippen molar-refractivity contribution >= 4 is 17.8 Å². The van der Waals surface area contributed by atoms with E-state index in [1.807, 2.05) is 97.9 Å². The van der Waals surface area contributed by atoms with Crippen LogP contribution in [0.25, 0.3) is 0 Å². The van der Waals surface area contributed by atoms with Crippen molar-refractivity contribution in [3.63, 3.8) is 0 Å². The van der Waals surface area contributed by atoms with Crippen molar-refractivity contribution < 1.29 is 19.1 Å². The zero-order valence-corrected chi connectivity index (χ0v) is 21.8. The highest BCUT2D eigenvalue weighted by Crippen LogP contribution is 2.37. The third-order valence-electron chi connectivity index (χ3n) is 6.35. The van der Waals surface area contributed by atoms with Crippen LogP contribution in [0, 0.1) is 5.92 Å². The molecule has 0 saturated carbocycles. The summed E-state index contributed by atoms with van der Waals surface area (Å²) in [4.78, 5) is 38.2. The molecule has 3 aromatic rings. The van der Waals surface area contributed by atoms with Crippen LogP contribution in [0.15, 0.2) is 91.0 Å². The van der Waals surface area contributed by atoms with E-state index in [-0.39, 0.29) is 18.2 Å². The molecule has 1 unspecified atom stereocenters. The number of hydrogen-bond acceptors (Lipinski definition) is 4. The Labute approximate surface area is 219 Å². The van der Waals surface area contributed by atoms with Gasteiger partial charge in [-0.05, 0) is 23.1 Å². The number of carbonyl (C=O) groups excluding carboxylic acids is 3. The molecule has 0 aliphatic carbocycles. The molecule has 0 bridgehead atoms. The summed E-state index contributed by atoms with van der Waals surface area (Å²) in [7, 11) is 0. The van der Waals surface area contributed by atoms with Crippen LogP contribution in [0.1, 0.15) is 56.7 Å². The van der Waals surface area contributed by atoms with Crippen molar-refractivity contribution in [3.05, 3.63) is 108 Å². The van der Waals surface area contributed by atoms with Gasteiger partial charge in [-0.2, -0.15) is 0 Å².